The number of nitrogens with two attached hydrogens (primary N) is 1. The summed E-state index contributed by atoms with van der Waals surface area (Å²) in [6, 6.07) is 4.88. The minimum absolute atomic E-state index is 0.165. The van der Waals surface area contributed by atoms with Crippen molar-refractivity contribution in [2.45, 2.75) is 13.0 Å². The molecule has 0 bridgehead atoms. The number of aliphatic hydroxyl groups is 1. The van der Waals surface area contributed by atoms with E-state index < -0.39 is 17.7 Å². The largest absolute Gasteiger partial charge is 0.384 e. The van der Waals surface area contributed by atoms with Gasteiger partial charge in [0, 0.05) is 11.8 Å². The van der Waals surface area contributed by atoms with E-state index in [4.69, 9.17) is 5.73 Å². The fraction of sp³-hybridized carbons (Fsp3) is 0.154. The molecule has 3 N–H and O–H groups in total. The first-order valence-electron chi connectivity index (χ1n) is 5.34. The molecule has 3 nitrogen and oxygen atoms in total. The van der Waals surface area contributed by atoms with Crippen LogP contribution in [0.15, 0.2) is 30.5 Å². The molecule has 0 saturated heterocycles. The summed E-state index contributed by atoms with van der Waals surface area (Å²) in [6.07, 6.45) is 0.434. The number of anilines is 1. The van der Waals surface area contributed by atoms with E-state index in [0.717, 1.165) is 17.7 Å². The Bertz CT molecular complexity index is 587. The van der Waals surface area contributed by atoms with Crippen LogP contribution in [0.25, 0.3) is 0 Å². The number of halogens is 2. The summed E-state index contributed by atoms with van der Waals surface area (Å²) < 4.78 is 25.9. The third-order valence-corrected chi connectivity index (χ3v) is 2.64. The van der Waals surface area contributed by atoms with Gasteiger partial charge in [-0.3, -0.25) is 0 Å². The summed E-state index contributed by atoms with van der Waals surface area (Å²) in [5, 5.41) is 10.1. The molecule has 0 saturated carbocycles. The fourth-order valence-electron chi connectivity index (χ4n) is 1.68. The van der Waals surface area contributed by atoms with E-state index in [9.17, 15) is 13.9 Å². The van der Waals surface area contributed by atoms with Gasteiger partial charge >= 0.3 is 0 Å². The Morgan fingerprint density at radius 1 is 1.22 bits per heavy atom. The van der Waals surface area contributed by atoms with Crippen LogP contribution in [0.5, 0.6) is 0 Å². The molecule has 0 radical (unpaired) electrons. The molecule has 0 amide bonds. The topological polar surface area (TPSA) is 59.1 Å². The van der Waals surface area contributed by atoms with E-state index in [1.165, 1.54) is 6.07 Å². The molecule has 1 unspecified atom stereocenters. The highest BCUT2D eigenvalue weighted by atomic mass is 19.2. The number of hydrogen-bond donors (Lipinski definition) is 2. The average molecular weight is 250 g/mol. The Labute approximate surface area is 103 Å². The highest BCUT2D eigenvalue weighted by molar-refractivity contribution is 5.46. The van der Waals surface area contributed by atoms with Crippen LogP contribution in [0, 0.1) is 18.6 Å². The predicted octanol–water partition coefficient (Wildman–Crippen LogP) is 2.33. The Morgan fingerprint density at radius 2 is 1.94 bits per heavy atom. The average Bonchev–Trinajstić information content (AvgIpc) is 2.35. The van der Waals surface area contributed by atoms with Crippen LogP contribution in [-0.2, 0) is 0 Å². The molecule has 0 aliphatic carbocycles. The quantitative estimate of drug-likeness (QED) is 0.860. The molecule has 94 valence electrons. The summed E-state index contributed by atoms with van der Waals surface area (Å²) in [5.41, 5.74) is 7.08. The smallest absolute Gasteiger partial charge is 0.159 e. The molecule has 2 aromatic rings. The number of nitrogens with zero attached hydrogens (tertiary/aromatic N) is 1. The van der Waals surface area contributed by atoms with Gasteiger partial charge in [-0.2, -0.15) is 0 Å². The van der Waals surface area contributed by atoms with Gasteiger partial charge in [0.15, 0.2) is 11.6 Å². The highest BCUT2D eigenvalue weighted by Gasteiger charge is 2.16. The van der Waals surface area contributed by atoms with E-state index in [-0.39, 0.29) is 11.4 Å². The maximum absolute atomic E-state index is 13.1. The van der Waals surface area contributed by atoms with Crippen LogP contribution in [0.1, 0.15) is 22.8 Å². The van der Waals surface area contributed by atoms with Gasteiger partial charge < -0.3 is 10.8 Å². The summed E-state index contributed by atoms with van der Waals surface area (Å²) in [5.74, 6) is -1.80. The van der Waals surface area contributed by atoms with Crippen molar-refractivity contribution in [3.8, 4) is 0 Å². The van der Waals surface area contributed by atoms with Crippen molar-refractivity contribution >= 4 is 5.82 Å². The monoisotopic (exact) mass is 250 g/mol. The van der Waals surface area contributed by atoms with Gasteiger partial charge in [-0.25, -0.2) is 13.8 Å². The minimum Gasteiger partial charge on any atom is -0.384 e. The number of pyridine rings is 1. The molecular formula is C13H12F2N2O. The molecule has 0 aliphatic heterocycles. The number of aliphatic hydroxyl groups excluding tert-OH is 1. The predicted molar refractivity (Wildman–Crippen MR) is 63.8 cm³/mol. The van der Waals surface area contributed by atoms with Crippen LogP contribution in [0.4, 0.5) is 14.6 Å². The maximum atomic E-state index is 13.1. The SMILES string of the molecule is Cc1cnc(N)c(C(O)c2ccc(F)c(F)c2)c1. The maximum Gasteiger partial charge on any atom is 0.159 e. The van der Waals surface area contributed by atoms with Gasteiger partial charge in [0.2, 0.25) is 0 Å². The standard InChI is InChI=1S/C13H12F2N2O/c1-7-4-9(13(16)17-6-7)12(18)8-2-3-10(14)11(15)5-8/h2-6,12,18H,1H3,(H2,16,17). The number of aryl methyl sites for hydroxylation is 1. The van der Waals surface area contributed by atoms with Crippen molar-refractivity contribution in [1.82, 2.24) is 4.98 Å². The van der Waals surface area contributed by atoms with Crippen LogP contribution in [0.3, 0.4) is 0 Å². The second-order valence-electron chi connectivity index (χ2n) is 4.06. The van der Waals surface area contributed by atoms with Gasteiger partial charge in [-0.15, -0.1) is 0 Å². The van der Waals surface area contributed by atoms with E-state index in [0.29, 0.717) is 5.56 Å². The lowest BCUT2D eigenvalue weighted by atomic mass is 10.0. The number of hydrogen-bond acceptors (Lipinski definition) is 3. The Kier molecular flexibility index (Phi) is 3.25. The van der Waals surface area contributed by atoms with Gasteiger partial charge in [-0.1, -0.05) is 6.07 Å². The second-order valence-corrected chi connectivity index (χ2v) is 4.06. The van der Waals surface area contributed by atoms with Gasteiger partial charge in [0.1, 0.15) is 11.9 Å². The van der Waals surface area contributed by atoms with Crippen molar-refractivity contribution in [2.24, 2.45) is 0 Å². The fourth-order valence-corrected chi connectivity index (χ4v) is 1.68. The molecule has 2 rings (SSSR count). The van der Waals surface area contributed by atoms with Gasteiger partial charge in [0.25, 0.3) is 0 Å². The lowest BCUT2D eigenvalue weighted by molar-refractivity contribution is 0.220. The number of benzene rings is 1. The highest BCUT2D eigenvalue weighted by Crippen LogP contribution is 2.27. The van der Waals surface area contributed by atoms with Crippen LogP contribution in [0.2, 0.25) is 0 Å². The third kappa shape index (κ3) is 2.31. The third-order valence-electron chi connectivity index (χ3n) is 2.64. The summed E-state index contributed by atoms with van der Waals surface area (Å²) in [7, 11) is 0. The minimum atomic E-state index is -1.13. The zero-order valence-corrected chi connectivity index (χ0v) is 9.69. The van der Waals surface area contributed by atoms with Crippen LogP contribution in [-0.4, -0.2) is 10.1 Å². The number of rotatable bonds is 2. The molecule has 0 fully saturated rings. The molecule has 18 heavy (non-hydrogen) atoms. The van der Waals surface area contributed by atoms with Crippen LogP contribution >= 0.6 is 0 Å². The van der Waals surface area contributed by atoms with E-state index >= 15 is 0 Å². The molecule has 1 heterocycles. The molecule has 5 heteroatoms. The van der Waals surface area contributed by atoms with Crippen LogP contribution < -0.4 is 5.73 Å². The van der Waals surface area contributed by atoms with Crippen molar-refractivity contribution < 1.29 is 13.9 Å². The second kappa shape index (κ2) is 4.70. The molecule has 1 aromatic carbocycles. The van der Waals surface area contributed by atoms with Crippen molar-refractivity contribution in [3.63, 3.8) is 0 Å². The molecule has 1 aromatic heterocycles. The molecule has 1 atom stereocenters. The Balaban J connectivity index is 2.44. The summed E-state index contributed by atoms with van der Waals surface area (Å²) in [4.78, 5) is 3.92. The number of nitrogen functional groups attached to an aromatic ring is 1. The van der Waals surface area contributed by atoms with Gasteiger partial charge in [-0.05, 0) is 36.2 Å². The Morgan fingerprint density at radius 3 is 2.61 bits per heavy atom. The molecule has 0 spiro atoms. The lowest BCUT2D eigenvalue weighted by Crippen LogP contribution is -2.06. The van der Waals surface area contributed by atoms with E-state index in [2.05, 4.69) is 4.98 Å². The summed E-state index contributed by atoms with van der Waals surface area (Å²) >= 11 is 0. The van der Waals surface area contributed by atoms with Crippen molar-refractivity contribution in [3.05, 3.63) is 58.8 Å². The van der Waals surface area contributed by atoms with Crippen molar-refractivity contribution in [1.29, 1.82) is 0 Å². The van der Waals surface area contributed by atoms with Crippen molar-refractivity contribution in [2.75, 3.05) is 5.73 Å². The zero-order valence-electron chi connectivity index (χ0n) is 9.69. The Hall–Kier alpha value is -2.01. The summed E-state index contributed by atoms with van der Waals surface area (Å²) in [6.45, 7) is 1.80. The first kappa shape index (κ1) is 12.4. The van der Waals surface area contributed by atoms with E-state index in [1.807, 2.05) is 0 Å². The zero-order chi connectivity index (χ0) is 13.3. The number of aromatic nitrogens is 1. The first-order chi connectivity index (χ1) is 8.49. The first-order valence-corrected chi connectivity index (χ1v) is 5.34. The van der Waals surface area contributed by atoms with E-state index in [1.54, 1.807) is 19.2 Å². The molecule has 0 aliphatic rings. The molecular weight excluding hydrogens is 238 g/mol. The lowest BCUT2D eigenvalue weighted by Gasteiger charge is -2.14. The van der Waals surface area contributed by atoms with Gasteiger partial charge in [0.05, 0.1) is 0 Å². The normalized spacial score (nSPS) is 12.4.